The molecule has 6 nitrogen and oxygen atoms in total. The molecule has 18 heavy (non-hydrogen) atoms. The lowest BCUT2D eigenvalue weighted by molar-refractivity contribution is -0.122. The number of nitrogens with one attached hydrogen (secondary N) is 2. The van der Waals surface area contributed by atoms with E-state index in [4.69, 9.17) is 15.2 Å². The minimum absolute atomic E-state index is 0.153. The lowest BCUT2D eigenvalue weighted by atomic mass is 10.0. The summed E-state index contributed by atoms with van der Waals surface area (Å²) in [6.07, 6.45) is 0.209. The first-order chi connectivity index (χ1) is 8.70. The van der Waals surface area contributed by atoms with Gasteiger partial charge >= 0.3 is 0 Å². The summed E-state index contributed by atoms with van der Waals surface area (Å²) >= 11 is 0. The van der Waals surface area contributed by atoms with Gasteiger partial charge in [0.05, 0.1) is 0 Å². The van der Waals surface area contributed by atoms with Crippen molar-refractivity contribution in [1.82, 2.24) is 10.9 Å². The number of hydrazine groups is 1. The highest BCUT2D eigenvalue weighted by Gasteiger charge is 2.16. The highest BCUT2D eigenvalue weighted by atomic mass is 16.6. The van der Waals surface area contributed by atoms with Gasteiger partial charge in [0.1, 0.15) is 13.2 Å². The van der Waals surface area contributed by atoms with Crippen LogP contribution in [0.2, 0.25) is 0 Å². The second-order valence-corrected chi connectivity index (χ2v) is 4.01. The molecule has 0 bridgehead atoms. The van der Waals surface area contributed by atoms with Gasteiger partial charge in [-0.05, 0) is 17.7 Å². The van der Waals surface area contributed by atoms with Gasteiger partial charge in [-0.2, -0.15) is 0 Å². The third kappa shape index (κ3) is 2.91. The van der Waals surface area contributed by atoms with Crippen LogP contribution in [0, 0.1) is 0 Å². The number of hydrogen-bond acceptors (Lipinski definition) is 5. The molecule has 0 aliphatic carbocycles. The summed E-state index contributed by atoms with van der Waals surface area (Å²) in [6.45, 7) is 1.09. The van der Waals surface area contributed by atoms with E-state index < -0.39 is 0 Å². The Balaban J connectivity index is 2.06. The molecule has 0 aromatic heterocycles. The zero-order valence-electron chi connectivity index (χ0n) is 10.2. The average Bonchev–Trinajstić information content (AvgIpc) is 2.38. The zero-order valence-corrected chi connectivity index (χ0v) is 10.2. The molecule has 6 heteroatoms. The lowest BCUT2D eigenvalue weighted by Gasteiger charge is -2.20. The number of benzene rings is 1. The standard InChI is InChI=1S/C12H17N3O3/c1-14-15-12(16)7-9(13)8-2-3-10-11(6-8)18-5-4-17-10/h2-3,6,9,14H,4-5,7,13H2,1H3,(H,15,16). The minimum atomic E-state index is -0.367. The monoisotopic (exact) mass is 251 g/mol. The van der Waals surface area contributed by atoms with Crippen LogP contribution in [-0.2, 0) is 4.79 Å². The molecule has 1 atom stereocenters. The van der Waals surface area contributed by atoms with Crippen molar-refractivity contribution in [1.29, 1.82) is 0 Å². The highest BCUT2D eigenvalue weighted by molar-refractivity contribution is 5.76. The van der Waals surface area contributed by atoms with E-state index in [1.54, 1.807) is 7.05 Å². The molecule has 0 radical (unpaired) electrons. The third-order valence-electron chi connectivity index (χ3n) is 2.66. The summed E-state index contributed by atoms with van der Waals surface area (Å²) in [4.78, 5) is 11.4. The molecule has 0 saturated heterocycles. The first-order valence-electron chi connectivity index (χ1n) is 5.81. The second-order valence-electron chi connectivity index (χ2n) is 4.01. The van der Waals surface area contributed by atoms with Crippen molar-refractivity contribution < 1.29 is 14.3 Å². The number of carbonyl (C=O) groups excluding carboxylic acids is 1. The van der Waals surface area contributed by atoms with Crippen molar-refractivity contribution in [3.8, 4) is 11.5 Å². The van der Waals surface area contributed by atoms with E-state index >= 15 is 0 Å². The number of nitrogens with two attached hydrogens (primary N) is 1. The Hall–Kier alpha value is -1.79. The fraction of sp³-hybridized carbons (Fsp3) is 0.417. The molecule has 1 unspecified atom stereocenters. The van der Waals surface area contributed by atoms with Gasteiger partial charge in [0, 0.05) is 19.5 Å². The number of fused-ring (bicyclic) bond motifs is 1. The molecule has 1 aromatic rings. The van der Waals surface area contributed by atoms with Crippen LogP contribution in [0.5, 0.6) is 11.5 Å². The van der Waals surface area contributed by atoms with Crippen LogP contribution in [0.25, 0.3) is 0 Å². The molecule has 4 N–H and O–H groups in total. The number of amides is 1. The normalized spacial score (nSPS) is 15.0. The van der Waals surface area contributed by atoms with E-state index in [0.717, 1.165) is 11.3 Å². The van der Waals surface area contributed by atoms with Crippen molar-refractivity contribution in [2.75, 3.05) is 20.3 Å². The van der Waals surface area contributed by atoms with Crippen molar-refractivity contribution in [3.63, 3.8) is 0 Å². The lowest BCUT2D eigenvalue weighted by Crippen LogP contribution is -2.36. The van der Waals surface area contributed by atoms with Crippen LogP contribution < -0.4 is 26.1 Å². The molecule has 1 aliphatic rings. The predicted molar refractivity (Wildman–Crippen MR) is 66.2 cm³/mol. The van der Waals surface area contributed by atoms with Gasteiger partial charge < -0.3 is 15.2 Å². The SMILES string of the molecule is CNNC(=O)CC(N)c1ccc2c(c1)OCCO2. The Bertz CT molecular complexity index is 437. The molecule has 1 aromatic carbocycles. The minimum Gasteiger partial charge on any atom is -0.486 e. The molecular formula is C12H17N3O3. The second kappa shape index (κ2) is 5.70. The van der Waals surface area contributed by atoms with Crippen LogP contribution in [0.1, 0.15) is 18.0 Å². The van der Waals surface area contributed by atoms with Crippen LogP contribution in [-0.4, -0.2) is 26.2 Å². The molecule has 0 saturated carbocycles. The van der Waals surface area contributed by atoms with Crippen LogP contribution in [0.4, 0.5) is 0 Å². The van der Waals surface area contributed by atoms with Crippen LogP contribution >= 0.6 is 0 Å². The first-order valence-corrected chi connectivity index (χ1v) is 5.81. The molecule has 1 amide bonds. The number of ether oxygens (including phenoxy) is 2. The van der Waals surface area contributed by atoms with Gasteiger partial charge in [-0.3, -0.25) is 10.2 Å². The van der Waals surface area contributed by atoms with E-state index in [-0.39, 0.29) is 18.4 Å². The number of rotatable bonds is 4. The average molecular weight is 251 g/mol. The van der Waals surface area contributed by atoms with Crippen molar-refractivity contribution in [2.45, 2.75) is 12.5 Å². The molecular weight excluding hydrogens is 234 g/mol. The van der Waals surface area contributed by atoms with Crippen LogP contribution in [0.3, 0.4) is 0 Å². The van der Waals surface area contributed by atoms with Gasteiger partial charge in [0.2, 0.25) is 5.91 Å². The first kappa shape index (κ1) is 12.7. The summed E-state index contributed by atoms with van der Waals surface area (Å²) in [5.74, 6) is 1.25. The summed E-state index contributed by atoms with van der Waals surface area (Å²) in [6, 6.07) is 5.13. The van der Waals surface area contributed by atoms with Gasteiger partial charge in [0.25, 0.3) is 0 Å². The Morgan fingerprint density at radius 3 is 2.83 bits per heavy atom. The van der Waals surface area contributed by atoms with Gasteiger partial charge in [-0.15, -0.1) is 0 Å². The summed E-state index contributed by atoms with van der Waals surface area (Å²) in [7, 11) is 1.63. The maximum absolute atomic E-state index is 11.4. The zero-order chi connectivity index (χ0) is 13.0. The van der Waals surface area contributed by atoms with E-state index in [9.17, 15) is 4.79 Å². The topological polar surface area (TPSA) is 85.6 Å². The van der Waals surface area contributed by atoms with E-state index in [0.29, 0.717) is 19.0 Å². The summed E-state index contributed by atoms with van der Waals surface area (Å²) < 4.78 is 10.9. The van der Waals surface area contributed by atoms with Crippen molar-refractivity contribution in [3.05, 3.63) is 23.8 Å². The Morgan fingerprint density at radius 1 is 1.39 bits per heavy atom. The van der Waals surface area contributed by atoms with Gasteiger partial charge in [-0.1, -0.05) is 6.07 Å². The molecule has 1 heterocycles. The maximum Gasteiger partial charge on any atom is 0.235 e. The molecule has 2 rings (SSSR count). The van der Waals surface area contributed by atoms with Gasteiger partial charge in [-0.25, -0.2) is 5.43 Å². The van der Waals surface area contributed by atoms with Crippen LogP contribution in [0.15, 0.2) is 18.2 Å². The quantitative estimate of drug-likeness (QED) is 0.661. The van der Waals surface area contributed by atoms with Crippen molar-refractivity contribution >= 4 is 5.91 Å². The number of carbonyl (C=O) groups is 1. The number of hydrogen-bond donors (Lipinski definition) is 3. The fourth-order valence-corrected chi connectivity index (χ4v) is 1.80. The van der Waals surface area contributed by atoms with E-state index in [2.05, 4.69) is 10.9 Å². The summed E-state index contributed by atoms with van der Waals surface area (Å²) in [5.41, 5.74) is 11.9. The Labute approximate surface area is 105 Å². The maximum atomic E-state index is 11.4. The molecule has 0 fully saturated rings. The van der Waals surface area contributed by atoms with E-state index in [1.165, 1.54) is 0 Å². The molecule has 0 spiro atoms. The Kier molecular flexibility index (Phi) is 4.01. The fourth-order valence-electron chi connectivity index (χ4n) is 1.80. The molecule has 1 aliphatic heterocycles. The van der Waals surface area contributed by atoms with E-state index in [1.807, 2.05) is 18.2 Å². The largest absolute Gasteiger partial charge is 0.486 e. The van der Waals surface area contributed by atoms with Gasteiger partial charge in [0.15, 0.2) is 11.5 Å². The smallest absolute Gasteiger partial charge is 0.235 e. The third-order valence-corrected chi connectivity index (χ3v) is 2.66. The predicted octanol–water partition coefficient (Wildman–Crippen LogP) is 0.0983. The molecule has 98 valence electrons. The highest BCUT2D eigenvalue weighted by Crippen LogP contribution is 2.32. The van der Waals surface area contributed by atoms with Crippen molar-refractivity contribution in [2.24, 2.45) is 5.73 Å². The Morgan fingerprint density at radius 2 is 2.11 bits per heavy atom. The summed E-state index contributed by atoms with van der Waals surface area (Å²) in [5, 5.41) is 0.